The Hall–Kier alpha value is -0.860. The van der Waals surface area contributed by atoms with E-state index in [1.165, 1.54) is 23.7 Å². The molecule has 2 aromatic heterocycles. The second-order valence-electron chi connectivity index (χ2n) is 3.11. The quantitative estimate of drug-likeness (QED) is 0.911. The van der Waals surface area contributed by atoms with E-state index in [-0.39, 0.29) is 4.21 Å². The van der Waals surface area contributed by atoms with Gasteiger partial charge in [-0.15, -0.1) is 11.3 Å². The highest BCUT2D eigenvalue weighted by molar-refractivity contribution is 9.11. The fourth-order valence-electron chi connectivity index (χ4n) is 1.08. The van der Waals surface area contributed by atoms with Crippen molar-refractivity contribution in [2.24, 2.45) is 0 Å². The Morgan fingerprint density at radius 3 is 2.81 bits per heavy atom. The van der Waals surface area contributed by atoms with Crippen molar-refractivity contribution in [2.45, 2.75) is 11.1 Å². The maximum atomic E-state index is 11.9. The lowest BCUT2D eigenvalue weighted by molar-refractivity contribution is 0.603. The molecule has 0 aliphatic carbocycles. The Morgan fingerprint density at radius 1 is 1.56 bits per heavy atom. The number of nitrogens with zero attached hydrogens (tertiary/aromatic N) is 1. The van der Waals surface area contributed by atoms with Gasteiger partial charge in [0.1, 0.15) is 4.21 Å². The average Bonchev–Trinajstić information content (AvgIpc) is 2.78. The van der Waals surface area contributed by atoms with Gasteiger partial charge in [-0.05, 0) is 34.5 Å². The summed E-state index contributed by atoms with van der Waals surface area (Å²) in [4.78, 5) is 0. The fourth-order valence-corrected chi connectivity index (χ4v) is 4.34. The molecule has 5 nitrogen and oxygen atoms in total. The molecule has 16 heavy (non-hydrogen) atoms. The molecule has 0 aliphatic rings. The van der Waals surface area contributed by atoms with Crippen molar-refractivity contribution in [1.82, 2.24) is 10.2 Å². The molecule has 0 bridgehead atoms. The third-order valence-electron chi connectivity index (χ3n) is 1.85. The summed E-state index contributed by atoms with van der Waals surface area (Å²) in [6.07, 6.45) is 2.89. The van der Waals surface area contributed by atoms with Gasteiger partial charge in [-0.25, -0.2) is 8.42 Å². The molecule has 8 heteroatoms. The number of nitrogens with one attached hydrogen (secondary N) is 2. The van der Waals surface area contributed by atoms with Crippen molar-refractivity contribution in [1.29, 1.82) is 0 Å². The largest absolute Gasteiger partial charge is 0.284 e. The number of aromatic nitrogens is 2. The third-order valence-corrected chi connectivity index (χ3v) is 5.84. The molecule has 0 aliphatic heterocycles. The number of aryl methyl sites for hydroxylation is 1. The van der Waals surface area contributed by atoms with Crippen LogP contribution in [0.25, 0.3) is 0 Å². The van der Waals surface area contributed by atoms with Gasteiger partial charge in [-0.3, -0.25) is 9.82 Å². The van der Waals surface area contributed by atoms with Gasteiger partial charge in [0, 0.05) is 6.20 Å². The molecule has 0 saturated carbocycles. The summed E-state index contributed by atoms with van der Waals surface area (Å²) in [5.74, 6) is 0. The molecule has 2 heterocycles. The highest BCUT2D eigenvalue weighted by atomic mass is 79.9. The monoisotopic (exact) mass is 321 g/mol. The molecule has 2 N–H and O–H groups in total. The Labute approximate surface area is 105 Å². The lowest BCUT2D eigenvalue weighted by Crippen LogP contribution is -2.10. The first kappa shape index (κ1) is 11.6. The van der Waals surface area contributed by atoms with Crippen LogP contribution in [0.3, 0.4) is 0 Å². The van der Waals surface area contributed by atoms with E-state index in [2.05, 4.69) is 30.8 Å². The molecule has 0 atom stereocenters. The molecule has 2 aromatic rings. The minimum Gasteiger partial charge on any atom is -0.284 e. The van der Waals surface area contributed by atoms with Crippen molar-refractivity contribution >= 4 is 43.0 Å². The van der Waals surface area contributed by atoms with Crippen molar-refractivity contribution in [3.8, 4) is 0 Å². The SMILES string of the molecule is Cc1cc(S(=O)(=O)Nc2cn[nH]c2)sc1Br. The van der Waals surface area contributed by atoms with Crippen molar-refractivity contribution < 1.29 is 8.42 Å². The Morgan fingerprint density at radius 2 is 2.31 bits per heavy atom. The molecular weight excluding hydrogens is 314 g/mol. The lowest BCUT2D eigenvalue weighted by atomic mass is 10.4. The summed E-state index contributed by atoms with van der Waals surface area (Å²) in [6, 6.07) is 1.62. The first-order valence-corrected chi connectivity index (χ1v) is 7.36. The fraction of sp³-hybridized carbons (Fsp3) is 0.125. The van der Waals surface area contributed by atoms with E-state index in [0.29, 0.717) is 5.69 Å². The predicted molar refractivity (Wildman–Crippen MR) is 66.2 cm³/mol. The maximum Gasteiger partial charge on any atom is 0.271 e. The summed E-state index contributed by atoms with van der Waals surface area (Å²) >= 11 is 4.47. The highest BCUT2D eigenvalue weighted by Gasteiger charge is 2.18. The lowest BCUT2D eigenvalue weighted by Gasteiger charge is -2.01. The van der Waals surface area contributed by atoms with E-state index >= 15 is 0 Å². The zero-order valence-electron chi connectivity index (χ0n) is 8.19. The van der Waals surface area contributed by atoms with Gasteiger partial charge in [0.2, 0.25) is 0 Å². The molecule has 0 fully saturated rings. The smallest absolute Gasteiger partial charge is 0.271 e. The van der Waals surface area contributed by atoms with Crippen molar-refractivity contribution in [3.05, 3.63) is 27.8 Å². The zero-order chi connectivity index (χ0) is 11.8. The van der Waals surface area contributed by atoms with Crippen LogP contribution in [-0.2, 0) is 10.0 Å². The van der Waals surface area contributed by atoms with Gasteiger partial charge in [0.25, 0.3) is 10.0 Å². The van der Waals surface area contributed by atoms with E-state index in [1.807, 2.05) is 6.92 Å². The minimum absolute atomic E-state index is 0.276. The normalized spacial score (nSPS) is 11.6. The number of halogens is 1. The number of hydrogen-bond donors (Lipinski definition) is 2. The standard InChI is InChI=1S/C8H8BrN3O2S2/c1-5-2-7(15-8(5)9)16(13,14)12-6-3-10-11-4-6/h2-4,12H,1H3,(H,10,11). The number of aromatic amines is 1. The van der Waals surface area contributed by atoms with E-state index in [4.69, 9.17) is 0 Å². The Kier molecular flexibility index (Phi) is 3.04. The predicted octanol–water partition coefficient (Wildman–Crippen LogP) is 2.34. The van der Waals surface area contributed by atoms with Crippen LogP contribution < -0.4 is 4.72 Å². The van der Waals surface area contributed by atoms with Gasteiger partial charge in [-0.2, -0.15) is 5.10 Å². The molecule has 0 amide bonds. The third kappa shape index (κ3) is 2.28. The zero-order valence-corrected chi connectivity index (χ0v) is 11.4. The number of anilines is 1. The second kappa shape index (κ2) is 4.19. The molecular formula is C8H8BrN3O2S2. The molecule has 0 aromatic carbocycles. The van der Waals surface area contributed by atoms with E-state index in [0.717, 1.165) is 9.35 Å². The van der Waals surface area contributed by atoms with E-state index < -0.39 is 10.0 Å². The van der Waals surface area contributed by atoms with Crippen LogP contribution in [-0.4, -0.2) is 18.6 Å². The molecule has 0 spiro atoms. The molecule has 86 valence electrons. The van der Waals surface area contributed by atoms with Gasteiger partial charge in [-0.1, -0.05) is 0 Å². The molecule has 0 saturated heterocycles. The summed E-state index contributed by atoms with van der Waals surface area (Å²) in [5.41, 5.74) is 1.32. The Bertz CT molecular complexity index is 569. The maximum absolute atomic E-state index is 11.9. The summed E-state index contributed by atoms with van der Waals surface area (Å²) < 4.78 is 27.3. The first-order chi connectivity index (χ1) is 7.49. The van der Waals surface area contributed by atoms with Gasteiger partial charge < -0.3 is 0 Å². The molecule has 2 rings (SSSR count). The van der Waals surface area contributed by atoms with Crippen LogP contribution >= 0.6 is 27.3 Å². The van der Waals surface area contributed by atoms with Gasteiger partial charge in [0.15, 0.2) is 0 Å². The van der Waals surface area contributed by atoms with Crippen LogP contribution in [0.4, 0.5) is 5.69 Å². The molecule has 0 radical (unpaired) electrons. The summed E-state index contributed by atoms with van der Waals surface area (Å²) in [7, 11) is -3.51. The van der Waals surface area contributed by atoms with Crippen LogP contribution in [0.5, 0.6) is 0 Å². The second-order valence-corrected chi connectivity index (χ2v) is 7.39. The van der Waals surface area contributed by atoms with Crippen LogP contribution in [0.1, 0.15) is 5.56 Å². The number of hydrogen-bond acceptors (Lipinski definition) is 4. The van der Waals surface area contributed by atoms with Gasteiger partial charge in [0.05, 0.1) is 15.7 Å². The number of thiophene rings is 1. The van der Waals surface area contributed by atoms with Crippen LogP contribution in [0.2, 0.25) is 0 Å². The first-order valence-electron chi connectivity index (χ1n) is 4.26. The van der Waals surface area contributed by atoms with Crippen LogP contribution in [0, 0.1) is 6.92 Å². The number of H-pyrrole nitrogens is 1. The van der Waals surface area contributed by atoms with Crippen molar-refractivity contribution in [3.63, 3.8) is 0 Å². The average molecular weight is 322 g/mol. The molecule has 0 unspecified atom stereocenters. The topological polar surface area (TPSA) is 74.8 Å². The van der Waals surface area contributed by atoms with E-state index in [1.54, 1.807) is 6.07 Å². The van der Waals surface area contributed by atoms with Crippen molar-refractivity contribution in [2.75, 3.05) is 4.72 Å². The van der Waals surface area contributed by atoms with E-state index in [9.17, 15) is 8.42 Å². The van der Waals surface area contributed by atoms with Gasteiger partial charge >= 0.3 is 0 Å². The number of rotatable bonds is 3. The van der Waals surface area contributed by atoms with Crippen LogP contribution in [0.15, 0.2) is 26.5 Å². The summed E-state index contributed by atoms with van der Waals surface area (Å²) in [6.45, 7) is 1.84. The minimum atomic E-state index is -3.51. The highest BCUT2D eigenvalue weighted by Crippen LogP contribution is 2.31. The number of sulfonamides is 1. The summed E-state index contributed by atoms with van der Waals surface area (Å²) in [5, 5.41) is 6.20. The Balaban J connectivity index is 2.32.